The summed E-state index contributed by atoms with van der Waals surface area (Å²) < 4.78 is 1.38. The highest BCUT2D eigenvalue weighted by Crippen LogP contribution is 2.26. The fourth-order valence-corrected chi connectivity index (χ4v) is 2.44. The molecule has 0 amide bonds. The van der Waals surface area contributed by atoms with Gasteiger partial charge in [0.2, 0.25) is 0 Å². The lowest BCUT2D eigenvalue weighted by atomic mass is 10.1. The third kappa shape index (κ3) is 3.11. The first kappa shape index (κ1) is 15.7. The number of aromatic nitrogens is 3. The van der Waals surface area contributed by atoms with E-state index in [0.29, 0.717) is 24.5 Å². The number of hydrogen-bond acceptors (Lipinski definition) is 5. The molecule has 0 aliphatic heterocycles. The normalized spacial score (nSPS) is 10.7. The minimum absolute atomic E-state index is 0.0890. The zero-order valence-electron chi connectivity index (χ0n) is 12.8. The number of carbonyl (C=O) groups is 1. The van der Waals surface area contributed by atoms with Gasteiger partial charge in [-0.25, -0.2) is 4.79 Å². The number of phenolic OH excluding ortho intramolecular Hbond substituents is 1. The van der Waals surface area contributed by atoms with Crippen LogP contribution in [0.25, 0.3) is 22.5 Å². The molecule has 0 aliphatic rings. The molecule has 0 saturated heterocycles. The number of phenols is 1. The molecule has 0 spiro atoms. The molecule has 0 unspecified atom stereocenters. The van der Waals surface area contributed by atoms with Crippen LogP contribution in [0.3, 0.4) is 0 Å². The first-order valence-electron chi connectivity index (χ1n) is 7.35. The van der Waals surface area contributed by atoms with Gasteiger partial charge in [0, 0.05) is 23.9 Å². The Hall–Kier alpha value is -3.19. The van der Waals surface area contributed by atoms with Gasteiger partial charge in [-0.15, -0.1) is 0 Å². The standard InChI is InChI=1S/C17H16N4O3/c18-5-7-21-16(17(23)24)10-15(20-21)12-4-6-19-14(9-12)11-2-1-3-13(22)8-11/h1-4,6,8-10,22H,5,7,18H2,(H,23,24). The number of benzene rings is 1. The summed E-state index contributed by atoms with van der Waals surface area (Å²) in [5.41, 5.74) is 8.28. The van der Waals surface area contributed by atoms with Crippen LogP contribution in [0.1, 0.15) is 10.5 Å². The van der Waals surface area contributed by atoms with Crippen LogP contribution in [0.5, 0.6) is 5.75 Å². The Labute approximate surface area is 138 Å². The highest BCUT2D eigenvalue weighted by atomic mass is 16.4. The molecule has 0 bridgehead atoms. The van der Waals surface area contributed by atoms with Gasteiger partial charge < -0.3 is 15.9 Å². The second-order valence-corrected chi connectivity index (χ2v) is 5.21. The fraction of sp³-hybridized carbons (Fsp3) is 0.118. The zero-order valence-corrected chi connectivity index (χ0v) is 12.8. The van der Waals surface area contributed by atoms with E-state index >= 15 is 0 Å². The Balaban J connectivity index is 2.03. The first-order chi connectivity index (χ1) is 11.6. The van der Waals surface area contributed by atoms with Crippen molar-refractivity contribution in [2.45, 2.75) is 6.54 Å². The molecular formula is C17H16N4O3. The molecule has 7 heteroatoms. The minimum Gasteiger partial charge on any atom is -0.508 e. The van der Waals surface area contributed by atoms with E-state index in [1.54, 1.807) is 36.5 Å². The summed E-state index contributed by atoms with van der Waals surface area (Å²) in [6.07, 6.45) is 1.62. The van der Waals surface area contributed by atoms with Gasteiger partial charge in [0.1, 0.15) is 11.4 Å². The summed E-state index contributed by atoms with van der Waals surface area (Å²) >= 11 is 0. The maximum absolute atomic E-state index is 11.3. The smallest absolute Gasteiger partial charge is 0.354 e. The number of carboxylic acid groups (broad SMARTS) is 1. The molecule has 0 fully saturated rings. The van der Waals surface area contributed by atoms with Crippen LogP contribution in [0.4, 0.5) is 0 Å². The Bertz CT molecular complexity index is 889. The molecule has 2 heterocycles. The van der Waals surface area contributed by atoms with Crippen molar-refractivity contribution < 1.29 is 15.0 Å². The molecule has 0 radical (unpaired) electrons. The van der Waals surface area contributed by atoms with E-state index in [-0.39, 0.29) is 11.4 Å². The Morgan fingerprint density at radius 2 is 1.92 bits per heavy atom. The Morgan fingerprint density at radius 3 is 2.62 bits per heavy atom. The lowest BCUT2D eigenvalue weighted by Gasteiger charge is -2.04. The molecule has 0 saturated carbocycles. The molecule has 7 nitrogen and oxygen atoms in total. The van der Waals surface area contributed by atoms with Crippen molar-refractivity contribution in [2.75, 3.05) is 6.54 Å². The molecule has 3 aromatic rings. The Kier molecular flexibility index (Phi) is 4.26. The average molecular weight is 324 g/mol. The zero-order chi connectivity index (χ0) is 17.1. The van der Waals surface area contributed by atoms with Crippen molar-refractivity contribution in [1.29, 1.82) is 0 Å². The van der Waals surface area contributed by atoms with Gasteiger partial charge in [-0.05, 0) is 30.3 Å². The van der Waals surface area contributed by atoms with E-state index in [0.717, 1.165) is 11.1 Å². The lowest BCUT2D eigenvalue weighted by molar-refractivity contribution is 0.0683. The van der Waals surface area contributed by atoms with Crippen LogP contribution in [-0.4, -0.2) is 37.5 Å². The van der Waals surface area contributed by atoms with E-state index in [9.17, 15) is 15.0 Å². The second-order valence-electron chi connectivity index (χ2n) is 5.21. The SMILES string of the molecule is NCCn1nc(-c2ccnc(-c3cccc(O)c3)c2)cc1C(=O)O. The van der Waals surface area contributed by atoms with Crippen LogP contribution in [0, 0.1) is 0 Å². The van der Waals surface area contributed by atoms with Crippen LogP contribution < -0.4 is 5.73 Å². The van der Waals surface area contributed by atoms with Crippen LogP contribution >= 0.6 is 0 Å². The van der Waals surface area contributed by atoms with Gasteiger partial charge in [-0.1, -0.05) is 12.1 Å². The van der Waals surface area contributed by atoms with Gasteiger partial charge in [0.15, 0.2) is 0 Å². The molecule has 0 aliphatic carbocycles. The lowest BCUT2D eigenvalue weighted by Crippen LogP contribution is -2.16. The number of hydrogen-bond donors (Lipinski definition) is 3. The average Bonchev–Trinajstić information content (AvgIpc) is 3.00. The summed E-state index contributed by atoms with van der Waals surface area (Å²) in [4.78, 5) is 15.6. The van der Waals surface area contributed by atoms with E-state index < -0.39 is 5.97 Å². The van der Waals surface area contributed by atoms with E-state index in [1.807, 2.05) is 6.07 Å². The quantitative estimate of drug-likeness (QED) is 0.661. The molecule has 122 valence electrons. The molecule has 4 N–H and O–H groups in total. The largest absolute Gasteiger partial charge is 0.508 e. The van der Waals surface area contributed by atoms with Gasteiger partial charge in [0.05, 0.1) is 17.9 Å². The van der Waals surface area contributed by atoms with Crippen molar-refractivity contribution in [2.24, 2.45) is 5.73 Å². The molecule has 24 heavy (non-hydrogen) atoms. The molecule has 1 aromatic carbocycles. The van der Waals surface area contributed by atoms with Gasteiger partial charge in [-0.2, -0.15) is 5.10 Å². The highest BCUT2D eigenvalue weighted by molar-refractivity contribution is 5.87. The van der Waals surface area contributed by atoms with Crippen molar-refractivity contribution in [3.63, 3.8) is 0 Å². The van der Waals surface area contributed by atoms with Crippen LogP contribution in [-0.2, 0) is 6.54 Å². The summed E-state index contributed by atoms with van der Waals surface area (Å²) in [7, 11) is 0. The van der Waals surface area contributed by atoms with Gasteiger partial charge in [0.25, 0.3) is 0 Å². The monoisotopic (exact) mass is 324 g/mol. The van der Waals surface area contributed by atoms with Crippen LogP contribution in [0.15, 0.2) is 48.7 Å². The molecule has 3 rings (SSSR count). The number of nitrogens with two attached hydrogens (primary N) is 1. The second kappa shape index (κ2) is 6.51. The van der Waals surface area contributed by atoms with Gasteiger partial charge >= 0.3 is 5.97 Å². The third-order valence-corrected chi connectivity index (χ3v) is 3.54. The summed E-state index contributed by atoms with van der Waals surface area (Å²) in [5, 5.41) is 23.2. The van der Waals surface area contributed by atoms with Crippen molar-refractivity contribution in [1.82, 2.24) is 14.8 Å². The first-order valence-corrected chi connectivity index (χ1v) is 7.35. The van der Waals surface area contributed by atoms with Crippen LogP contribution in [0.2, 0.25) is 0 Å². The van der Waals surface area contributed by atoms with Crippen molar-refractivity contribution >= 4 is 5.97 Å². The predicted octanol–water partition coefficient (Wildman–Crippen LogP) is 1.97. The summed E-state index contributed by atoms with van der Waals surface area (Å²) in [6.45, 7) is 0.623. The number of aromatic hydroxyl groups is 1. The maximum Gasteiger partial charge on any atom is 0.354 e. The molecular weight excluding hydrogens is 308 g/mol. The topological polar surface area (TPSA) is 114 Å². The maximum atomic E-state index is 11.3. The summed E-state index contributed by atoms with van der Waals surface area (Å²) in [5.74, 6) is -0.899. The highest BCUT2D eigenvalue weighted by Gasteiger charge is 2.15. The predicted molar refractivity (Wildman–Crippen MR) is 88.6 cm³/mol. The minimum atomic E-state index is -1.05. The number of carboxylic acids is 1. The molecule has 2 aromatic heterocycles. The van der Waals surface area contributed by atoms with E-state index in [4.69, 9.17) is 5.73 Å². The number of rotatable bonds is 5. The summed E-state index contributed by atoms with van der Waals surface area (Å²) in [6, 6.07) is 11.8. The van der Waals surface area contributed by atoms with Gasteiger partial charge in [-0.3, -0.25) is 9.67 Å². The molecule has 0 atom stereocenters. The Morgan fingerprint density at radius 1 is 1.12 bits per heavy atom. The number of aromatic carboxylic acids is 1. The fourth-order valence-electron chi connectivity index (χ4n) is 2.44. The van der Waals surface area contributed by atoms with Crippen molar-refractivity contribution in [3.8, 4) is 28.3 Å². The van der Waals surface area contributed by atoms with Crippen molar-refractivity contribution in [3.05, 3.63) is 54.4 Å². The van der Waals surface area contributed by atoms with E-state index in [1.165, 1.54) is 10.7 Å². The third-order valence-electron chi connectivity index (χ3n) is 3.54. The number of pyridine rings is 1. The van der Waals surface area contributed by atoms with E-state index in [2.05, 4.69) is 10.1 Å². The number of nitrogens with zero attached hydrogens (tertiary/aromatic N) is 3.